The summed E-state index contributed by atoms with van der Waals surface area (Å²) >= 11 is 1.56. The smallest absolute Gasteiger partial charge is 0.229 e. The molecule has 0 aliphatic carbocycles. The number of thiophene rings is 1. The molecule has 146 valence electrons. The molecule has 1 aromatic carbocycles. The van der Waals surface area contributed by atoms with Crippen molar-refractivity contribution in [2.75, 3.05) is 23.7 Å². The van der Waals surface area contributed by atoms with Crippen molar-refractivity contribution in [2.24, 2.45) is 5.92 Å². The highest BCUT2D eigenvalue weighted by atomic mass is 35.5. The van der Waals surface area contributed by atoms with Gasteiger partial charge in [-0.15, -0.1) is 23.7 Å². The van der Waals surface area contributed by atoms with E-state index in [0.717, 1.165) is 37.2 Å². The molecule has 1 fully saturated rings. The number of nitrogens with one attached hydrogen (secondary N) is 3. The molecule has 0 saturated carbocycles. The zero-order valence-corrected chi connectivity index (χ0v) is 16.8. The average molecular weight is 408 g/mol. The first-order valence-corrected chi connectivity index (χ1v) is 10.0. The summed E-state index contributed by atoms with van der Waals surface area (Å²) in [5, 5.41) is 11.2. The van der Waals surface area contributed by atoms with Crippen LogP contribution in [0.15, 0.2) is 41.8 Å². The van der Waals surface area contributed by atoms with Crippen LogP contribution in [-0.4, -0.2) is 24.9 Å². The molecule has 0 atom stereocenters. The van der Waals surface area contributed by atoms with Gasteiger partial charge >= 0.3 is 0 Å². The van der Waals surface area contributed by atoms with Gasteiger partial charge in [0.15, 0.2) is 0 Å². The van der Waals surface area contributed by atoms with E-state index in [4.69, 9.17) is 0 Å². The maximum absolute atomic E-state index is 12.3. The summed E-state index contributed by atoms with van der Waals surface area (Å²) in [5.74, 6) is 0.551. The normalized spacial score (nSPS) is 14.2. The Labute approximate surface area is 170 Å². The minimum atomic E-state index is -0.0798. The summed E-state index contributed by atoms with van der Waals surface area (Å²) in [7, 11) is 0. The number of hydrogen-bond acceptors (Lipinski definition) is 4. The number of carbonyl (C=O) groups excluding carboxylic acids is 2. The molecule has 0 radical (unpaired) electrons. The Morgan fingerprint density at radius 3 is 2.30 bits per heavy atom. The molecule has 0 bridgehead atoms. The molecule has 7 heteroatoms. The van der Waals surface area contributed by atoms with E-state index < -0.39 is 0 Å². The van der Waals surface area contributed by atoms with Crippen LogP contribution in [0.25, 0.3) is 0 Å². The van der Waals surface area contributed by atoms with Gasteiger partial charge in [-0.1, -0.05) is 18.2 Å². The van der Waals surface area contributed by atoms with E-state index in [9.17, 15) is 9.59 Å². The van der Waals surface area contributed by atoms with Gasteiger partial charge in [-0.3, -0.25) is 9.59 Å². The third-order valence-corrected chi connectivity index (χ3v) is 5.50. The molecule has 1 saturated heterocycles. The summed E-state index contributed by atoms with van der Waals surface area (Å²) < 4.78 is 0. The van der Waals surface area contributed by atoms with Gasteiger partial charge in [0.1, 0.15) is 0 Å². The SMILES string of the molecule is Cl.O=C(CCC1CCNCC1)Nc1ccccc1NC(=O)Cc1cccs1. The third kappa shape index (κ3) is 6.97. The van der Waals surface area contributed by atoms with Crippen LogP contribution in [0.5, 0.6) is 0 Å². The highest BCUT2D eigenvalue weighted by Crippen LogP contribution is 2.23. The summed E-state index contributed by atoms with van der Waals surface area (Å²) in [6.45, 7) is 2.09. The molecule has 0 spiro atoms. The fraction of sp³-hybridized carbons (Fsp3) is 0.400. The van der Waals surface area contributed by atoms with Crippen molar-refractivity contribution in [3.63, 3.8) is 0 Å². The average Bonchev–Trinajstić information content (AvgIpc) is 3.15. The predicted octanol–water partition coefficient (Wildman–Crippen LogP) is 4.07. The fourth-order valence-electron chi connectivity index (χ4n) is 3.19. The summed E-state index contributed by atoms with van der Waals surface area (Å²) in [6.07, 6.45) is 4.06. The van der Waals surface area contributed by atoms with Gasteiger partial charge in [-0.2, -0.15) is 0 Å². The van der Waals surface area contributed by atoms with E-state index in [0.29, 0.717) is 30.1 Å². The van der Waals surface area contributed by atoms with Crippen LogP contribution in [0.1, 0.15) is 30.6 Å². The van der Waals surface area contributed by atoms with Gasteiger partial charge in [-0.25, -0.2) is 0 Å². The van der Waals surface area contributed by atoms with Crippen LogP contribution in [0.3, 0.4) is 0 Å². The van der Waals surface area contributed by atoms with Crippen LogP contribution in [-0.2, 0) is 16.0 Å². The zero-order chi connectivity index (χ0) is 18.2. The Morgan fingerprint density at radius 2 is 1.67 bits per heavy atom. The lowest BCUT2D eigenvalue weighted by Gasteiger charge is -2.22. The fourth-order valence-corrected chi connectivity index (χ4v) is 3.89. The van der Waals surface area contributed by atoms with Gasteiger partial charge in [0.05, 0.1) is 17.8 Å². The van der Waals surface area contributed by atoms with Crippen molar-refractivity contribution in [2.45, 2.75) is 32.1 Å². The second-order valence-corrected chi connectivity index (χ2v) is 7.66. The molecule has 1 aromatic heterocycles. The first-order valence-electron chi connectivity index (χ1n) is 9.12. The second-order valence-electron chi connectivity index (χ2n) is 6.63. The molecule has 3 rings (SSSR count). The molecule has 1 aliphatic rings. The first kappa shape index (κ1) is 21.4. The third-order valence-electron chi connectivity index (χ3n) is 4.63. The van der Waals surface area contributed by atoms with Crippen molar-refractivity contribution >= 4 is 46.9 Å². The first-order chi connectivity index (χ1) is 12.7. The lowest BCUT2D eigenvalue weighted by molar-refractivity contribution is -0.117. The number of piperidine rings is 1. The maximum atomic E-state index is 12.3. The summed E-state index contributed by atoms with van der Waals surface area (Å²) in [6, 6.07) is 11.2. The van der Waals surface area contributed by atoms with E-state index >= 15 is 0 Å². The Morgan fingerprint density at radius 1 is 1.00 bits per heavy atom. The van der Waals surface area contributed by atoms with Crippen LogP contribution < -0.4 is 16.0 Å². The number of rotatable bonds is 7. The van der Waals surface area contributed by atoms with Crippen molar-refractivity contribution < 1.29 is 9.59 Å². The van der Waals surface area contributed by atoms with Gasteiger partial charge in [-0.05, 0) is 61.8 Å². The minimum absolute atomic E-state index is 0. The van der Waals surface area contributed by atoms with E-state index in [1.807, 2.05) is 41.8 Å². The highest BCUT2D eigenvalue weighted by molar-refractivity contribution is 7.10. The number of hydrogen-bond donors (Lipinski definition) is 3. The lowest BCUT2D eigenvalue weighted by atomic mass is 9.93. The number of carbonyl (C=O) groups is 2. The maximum Gasteiger partial charge on any atom is 0.229 e. The van der Waals surface area contributed by atoms with Crippen LogP contribution in [0.4, 0.5) is 11.4 Å². The molecule has 1 aliphatic heterocycles. The number of halogens is 1. The molecule has 2 aromatic rings. The van der Waals surface area contributed by atoms with E-state index in [-0.39, 0.29) is 24.2 Å². The van der Waals surface area contributed by atoms with Crippen LogP contribution in [0.2, 0.25) is 0 Å². The molecule has 2 heterocycles. The number of benzene rings is 1. The second kappa shape index (κ2) is 11.1. The van der Waals surface area contributed by atoms with E-state index in [1.54, 1.807) is 11.3 Å². The molecule has 3 N–H and O–H groups in total. The van der Waals surface area contributed by atoms with Gasteiger partial charge in [0, 0.05) is 11.3 Å². The number of amides is 2. The van der Waals surface area contributed by atoms with Gasteiger partial charge in [0.25, 0.3) is 0 Å². The van der Waals surface area contributed by atoms with E-state index in [1.165, 1.54) is 0 Å². The predicted molar refractivity (Wildman–Crippen MR) is 114 cm³/mol. The lowest BCUT2D eigenvalue weighted by Crippen LogP contribution is -2.28. The monoisotopic (exact) mass is 407 g/mol. The molecular formula is C20H26ClN3O2S. The van der Waals surface area contributed by atoms with Crippen LogP contribution >= 0.6 is 23.7 Å². The number of para-hydroxylation sites is 2. The van der Waals surface area contributed by atoms with Gasteiger partial charge < -0.3 is 16.0 Å². The molecular weight excluding hydrogens is 382 g/mol. The molecule has 2 amide bonds. The van der Waals surface area contributed by atoms with Gasteiger partial charge in [0.2, 0.25) is 11.8 Å². The van der Waals surface area contributed by atoms with Crippen molar-refractivity contribution in [1.82, 2.24) is 5.32 Å². The van der Waals surface area contributed by atoms with Crippen molar-refractivity contribution in [3.05, 3.63) is 46.7 Å². The Hall–Kier alpha value is -1.89. The Bertz CT molecular complexity index is 731. The topological polar surface area (TPSA) is 70.2 Å². The quantitative estimate of drug-likeness (QED) is 0.647. The highest BCUT2D eigenvalue weighted by Gasteiger charge is 2.15. The van der Waals surface area contributed by atoms with Crippen molar-refractivity contribution in [3.8, 4) is 0 Å². The minimum Gasteiger partial charge on any atom is -0.324 e. The Kier molecular flexibility index (Phi) is 8.78. The van der Waals surface area contributed by atoms with Crippen molar-refractivity contribution in [1.29, 1.82) is 0 Å². The molecule has 27 heavy (non-hydrogen) atoms. The molecule has 5 nitrogen and oxygen atoms in total. The standard InChI is InChI=1S/C20H25N3O2S.ClH/c24-19(8-7-15-9-11-21-12-10-15)22-17-5-1-2-6-18(17)23-20(25)14-16-4-3-13-26-16;/h1-6,13,15,21H,7-12,14H2,(H,22,24)(H,23,25);1H. The molecule has 0 unspecified atom stereocenters. The van der Waals surface area contributed by atoms with Crippen LogP contribution in [0, 0.1) is 5.92 Å². The summed E-state index contributed by atoms with van der Waals surface area (Å²) in [5.41, 5.74) is 1.30. The Balaban J connectivity index is 0.00000261. The summed E-state index contributed by atoms with van der Waals surface area (Å²) in [4.78, 5) is 25.6. The van der Waals surface area contributed by atoms with E-state index in [2.05, 4.69) is 16.0 Å². The largest absolute Gasteiger partial charge is 0.324 e. The number of anilines is 2. The zero-order valence-electron chi connectivity index (χ0n) is 15.2.